The van der Waals surface area contributed by atoms with Gasteiger partial charge >= 0.3 is 0 Å². The zero-order chi connectivity index (χ0) is 10.9. The molecule has 4 nitrogen and oxygen atoms in total. The standard InChI is InChI=1S/C10H20N2O2S/c1-15(13,14)8-9-2-3-10-6-11-4-5-12(10)7-9/h9-11H,2-8H2,1H3. The number of fused-ring (bicyclic) bond motifs is 1. The Morgan fingerprint density at radius 1 is 1.40 bits per heavy atom. The van der Waals surface area contributed by atoms with Gasteiger partial charge in [-0.15, -0.1) is 0 Å². The molecule has 0 aromatic carbocycles. The topological polar surface area (TPSA) is 49.4 Å². The van der Waals surface area contributed by atoms with E-state index in [-0.39, 0.29) is 0 Å². The molecule has 0 saturated carbocycles. The van der Waals surface area contributed by atoms with Crippen LogP contribution in [0.2, 0.25) is 0 Å². The van der Waals surface area contributed by atoms with E-state index in [1.165, 1.54) is 6.26 Å². The molecule has 2 unspecified atom stereocenters. The lowest BCUT2D eigenvalue weighted by Gasteiger charge is -2.42. The van der Waals surface area contributed by atoms with Crippen LogP contribution in [0.5, 0.6) is 0 Å². The van der Waals surface area contributed by atoms with E-state index in [2.05, 4.69) is 10.2 Å². The van der Waals surface area contributed by atoms with Gasteiger partial charge in [0.05, 0.1) is 5.75 Å². The molecule has 2 aliphatic rings. The third kappa shape index (κ3) is 3.16. The second-order valence-electron chi connectivity index (χ2n) is 4.89. The number of piperazine rings is 1. The molecule has 0 bridgehead atoms. The Morgan fingerprint density at radius 2 is 2.20 bits per heavy atom. The molecular weight excluding hydrogens is 212 g/mol. The normalized spacial score (nSPS) is 33.7. The first-order valence-electron chi connectivity index (χ1n) is 5.67. The molecular formula is C10H20N2O2S. The zero-order valence-electron chi connectivity index (χ0n) is 9.28. The highest BCUT2D eigenvalue weighted by atomic mass is 32.2. The van der Waals surface area contributed by atoms with Crippen molar-refractivity contribution in [3.8, 4) is 0 Å². The van der Waals surface area contributed by atoms with Crippen LogP contribution in [0, 0.1) is 5.92 Å². The predicted octanol–water partition coefficient (Wildman–Crippen LogP) is -0.285. The molecule has 15 heavy (non-hydrogen) atoms. The second-order valence-corrected chi connectivity index (χ2v) is 7.07. The molecule has 2 heterocycles. The van der Waals surface area contributed by atoms with Crippen LogP contribution in [-0.4, -0.2) is 57.5 Å². The van der Waals surface area contributed by atoms with Crippen LogP contribution in [0.15, 0.2) is 0 Å². The van der Waals surface area contributed by atoms with E-state index in [0.29, 0.717) is 17.7 Å². The van der Waals surface area contributed by atoms with E-state index in [1.54, 1.807) is 0 Å². The Balaban J connectivity index is 1.91. The summed E-state index contributed by atoms with van der Waals surface area (Å²) in [6.07, 6.45) is 3.56. The second kappa shape index (κ2) is 4.39. The summed E-state index contributed by atoms with van der Waals surface area (Å²) in [5.41, 5.74) is 0. The fraction of sp³-hybridized carbons (Fsp3) is 1.00. The van der Waals surface area contributed by atoms with E-state index >= 15 is 0 Å². The minimum atomic E-state index is -2.80. The third-order valence-corrected chi connectivity index (χ3v) is 4.49. The summed E-state index contributed by atoms with van der Waals surface area (Å²) in [5, 5.41) is 3.39. The summed E-state index contributed by atoms with van der Waals surface area (Å²) in [5.74, 6) is 0.721. The first kappa shape index (κ1) is 11.4. The Hall–Kier alpha value is -0.130. The number of rotatable bonds is 2. The Bertz CT molecular complexity index is 315. The molecule has 2 atom stereocenters. The molecule has 0 aliphatic carbocycles. The Morgan fingerprint density at radius 3 is 2.93 bits per heavy atom. The van der Waals surface area contributed by atoms with Crippen molar-refractivity contribution in [3.63, 3.8) is 0 Å². The fourth-order valence-corrected chi connectivity index (χ4v) is 3.87. The van der Waals surface area contributed by atoms with Gasteiger partial charge in [0.2, 0.25) is 0 Å². The molecule has 0 aromatic rings. The minimum Gasteiger partial charge on any atom is -0.314 e. The van der Waals surface area contributed by atoms with E-state index in [1.807, 2.05) is 0 Å². The molecule has 2 rings (SSSR count). The maximum Gasteiger partial charge on any atom is 0.147 e. The van der Waals surface area contributed by atoms with Crippen molar-refractivity contribution in [3.05, 3.63) is 0 Å². The van der Waals surface area contributed by atoms with Gasteiger partial charge in [0.1, 0.15) is 9.84 Å². The van der Waals surface area contributed by atoms with Gasteiger partial charge in [-0.25, -0.2) is 8.42 Å². The van der Waals surface area contributed by atoms with Crippen molar-refractivity contribution >= 4 is 9.84 Å². The van der Waals surface area contributed by atoms with Crippen LogP contribution in [0.25, 0.3) is 0 Å². The molecule has 2 aliphatic heterocycles. The van der Waals surface area contributed by atoms with E-state index in [4.69, 9.17) is 0 Å². The summed E-state index contributed by atoms with van der Waals surface area (Å²) in [4.78, 5) is 2.45. The highest BCUT2D eigenvalue weighted by Gasteiger charge is 2.31. The molecule has 2 saturated heterocycles. The highest BCUT2D eigenvalue weighted by molar-refractivity contribution is 7.90. The summed E-state index contributed by atoms with van der Waals surface area (Å²) in [6, 6.07) is 0.648. The van der Waals surface area contributed by atoms with Crippen molar-refractivity contribution < 1.29 is 8.42 Å². The number of hydrogen-bond acceptors (Lipinski definition) is 4. The lowest BCUT2D eigenvalue weighted by atomic mass is 9.93. The molecule has 0 amide bonds. The lowest BCUT2D eigenvalue weighted by molar-refractivity contribution is 0.0922. The third-order valence-electron chi connectivity index (χ3n) is 3.41. The van der Waals surface area contributed by atoms with Crippen LogP contribution >= 0.6 is 0 Å². The number of hydrogen-bond donors (Lipinski definition) is 1. The molecule has 0 aromatic heterocycles. The van der Waals surface area contributed by atoms with Gasteiger partial charge in [-0.3, -0.25) is 4.90 Å². The SMILES string of the molecule is CS(=O)(=O)CC1CCC2CNCCN2C1. The average molecular weight is 232 g/mol. The van der Waals surface area contributed by atoms with Crippen molar-refractivity contribution in [2.24, 2.45) is 5.92 Å². The van der Waals surface area contributed by atoms with Crippen molar-refractivity contribution in [2.45, 2.75) is 18.9 Å². The molecule has 88 valence electrons. The lowest BCUT2D eigenvalue weighted by Crippen LogP contribution is -2.55. The Labute approximate surface area is 91.9 Å². The summed E-state index contributed by atoms with van der Waals surface area (Å²) in [7, 11) is -2.80. The first-order valence-corrected chi connectivity index (χ1v) is 7.73. The van der Waals surface area contributed by atoms with Gasteiger partial charge in [-0.1, -0.05) is 0 Å². The van der Waals surface area contributed by atoms with Gasteiger partial charge in [-0.05, 0) is 18.8 Å². The highest BCUT2D eigenvalue weighted by Crippen LogP contribution is 2.23. The van der Waals surface area contributed by atoms with E-state index < -0.39 is 9.84 Å². The van der Waals surface area contributed by atoms with Crippen LogP contribution in [0.3, 0.4) is 0 Å². The van der Waals surface area contributed by atoms with Crippen molar-refractivity contribution in [1.82, 2.24) is 10.2 Å². The Kier molecular flexibility index (Phi) is 3.33. The summed E-state index contributed by atoms with van der Waals surface area (Å²) < 4.78 is 22.5. The van der Waals surface area contributed by atoms with Crippen LogP contribution in [-0.2, 0) is 9.84 Å². The van der Waals surface area contributed by atoms with Gasteiger partial charge in [0.15, 0.2) is 0 Å². The molecule has 0 radical (unpaired) electrons. The van der Waals surface area contributed by atoms with Crippen molar-refractivity contribution in [2.75, 3.05) is 38.2 Å². The minimum absolute atomic E-state index is 0.356. The fourth-order valence-electron chi connectivity index (χ4n) is 2.74. The first-order chi connectivity index (χ1) is 7.04. The van der Waals surface area contributed by atoms with E-state index in [9.17, 15) is 8.42 Å². The number of sulfone groups is 1. The van der Waals surface area contributed by atoms with Crippen LogP contribution in [0.1, 0.15) is 12.8 Å². The van der Waals surface area contributed by atoms with Gasteiger partial charge in [0, 0.05) is 38.5 Å². The molecule has 1 N–H and O–H groups in total. The molecule has 0 spiro atoms. The predicted molar refractivity (Wildman–Crippen MR) is 60.7 cm³/mol. The summed E-state index contributed by atoms with van der Waals surface area (Å²) in [6.45, 7) is 4.16. The molecule has 2 fully saturated rings. The number of nitrogens with one attached hydrogen (secondary N) is 1. The molecule has 5 heteroatoms. The van der Waals surface area contributed by atoms with Gasteiger partial charge in [0.25, 0.3) is 0 Å². The average Bonchev–Trinajstić information content (AvgIpc) is 2.15. The number of nitrogens with zero attached hydrogens (tertiary/aromatic N) is 1. The monoisotopic (exact) mass is 232 g/mol. The van der Waals surface area contributed by atoms with Gasteiger partial charge in [-0.2, -0.15) is 0 Å². The maximum atomic E-state index is 11.2. The largest absolute Gasteiger partial charge is 0.314 e. The van der Waals surface area contributed by atoms with Crippen molar-refractivity contribution in [1.29, 1.82) is 0 Å². The smallest absolute Gasteiger partial charge is 0.147 e. The van der Waals surface area contributed by atoms with E-state index in [0.717, 1.165) is 39.0 Å². The van der Waals surface area contributed by atoms with Crippen LogP contribution in [0.4, 0.5) is 0 Å². The maximum absolute atomic E-state index is 11.2. The van der Waals surface area contributed by atoms with Crippen LogP contribution < -0.4 is 5.32 Å². The quantitative estimate of drug-likeness (QED) is 0.711. The number of piperidine rings is 1. The summed E-state index contributed by atoms with van der Waals surface area (Å²) >= 11 is 0. The van der Waals surface area contributed by atoms with Gasteiger partial charge < -0.3 is 5.32 Å². The zero-order valence-corrected chi connectivity index (χ0v) is 10.1.